The second-order valence-electron chi connectivity index (χ2n) is 4.26. The second kappa shape index (κ2) is 5.63. The Morgan fingerprint density at radius 1 is 1.26 bits per heavy atom. The summed E-state index contributed by atoms with van der Waals surface area (Å²) in [6.07, 6.45) is 0. The Labute approximate surface area is 121 Å². The van der Waals surface area contributed by atoms with Gasteiger partial charge in [0.2, 0.25) is 5.91 Å². The molecule has 1 N–H and O–H groups in total. The van der Waals surface area contributed by atoms with Crippen LogP contribution in [0.5, 0.6) is 0 Å². The fourth-order valence-corrected chi connectivity index (χ4v) is 2.04. The highest BCUT2D eigenvalue weighted by Gasteiger charge is 2.08. The van der Waals surface area contributed by atoms with Gasteiger partial charge in [0.05, 0.1) is 15.7 Å². The lowest BCUT2D eigenvalue weighted by Crippen LogP contribution is -2.20. The van der Waals surface area contributed by atoms with Crippen LogP contribution in [0.4, 0.5) is 5.69 Å². The molecule has 0 spiro atoms. The quantitative estimate of drug-likeness (QED) is 0.943. The van der Waals surface area contributed by atoms with Crippen molar-refractivity contribution in [1.29, 1.82) is 0 Å². The van der Waals surface area contributed by atoms with E-state index < -0.39 is 0 Å². The van der Waals surface area contributed by atoms with Crippen LogP contribution in [0, 0.1) is 13.8 Å². The Morgan fingerprint density at radius 2 is 2.00 bits per heavy atom. The van der Waals surface area contributed by atoms with Crippen molar-refractivity contribution in [3.05, 3.63) is 45.7 Å². The van der Waals surface area contributed by atoms with E-state index in [0.717, 1.165) is 11.4 Å². The third kappa shape index (κ3) is 3.49. The molecule has 0 atom stereocenters. The van der Waals surface area contributed by atoms with Crippen LogP contribution in [0.1, 0.15) is 11.4 Å². The first-order valence-electron chi connectivity index (χ1n) is 5.71. The molecule has 100 valence electrons. The molecular formula is C13H13Cl2N3O. The predicted octanol–water partition coefficient (Wildman–Crippen LogP) is 3.45. The maximum Gasteiger partial charge on any atom is 0.246 e. The molecule has 2 rings (SSSR count). The molecule has 19 heavy (non-hydrogen) atoms. The van der Waals surface area contributed by atoms with E-state index >= 15 is 0 Å². The van der Waals surface area contributed by atoms with E-state index in [-0.39, 0.29) is 12.5 Å². The lowest BCUT2D eigenvalue weighted by molar-refractivity contribution is -0.116. The van der Waals surface area contributed by atoms with Crippen molar-refractivity contribution in [3.8, 4) is 0 Å². The molecule has 0 saturated carbocycles. The third-order valence-corrected chi connectivity index (χ3v) is 3.34. The van der Waals surface area contributed by atoms with E-state index in [1.165, 1.54) is 0 Å². The summed E-state index contributed by atoms with van der Waals surface area (Å²) in [7, 11) is 0. The van der Waals surface area contributed by atoms with E-state index in [1.807, 2.05) is 19.9 Å². The van der Waals surface area contributed by atoms with E-state index in [2.05, 4.69) is 10.4 Å². The molecule has 4 nitrogen and oxygen atoms in total. The highest BCUT2D eigenvalue weighted by Crippen LogP contribution is 2.24. The second-order valence-corrected chi connectivity index (χ2v) is 5.08. The fraction of sp³-hybridized carbons (Fsp3) is 0.231. The summed E-state index contributed by atoms with van der Waals surface area (Å²) in [6, 6.07) is 6.88. The smallest absolute Gasteiger partial charge is 0.246 e. The Hall–Kier alpha value is -1.52. The monoisotopic (exact) mass is 297 g/mol. The summed E-state index contributed by atoms with van der Waals surface area (Å²) in [6.45, 7) is 3.97. The molecule has 0 unspecified atom stereocenters. The minimum Gasteiger partial charge on any atom is -0.324 e. The van der Waals surface area contributed by atoms with Crippen LogP contribution in [0.25, 0.3) is 0 Å². The zero-order valence-electron chi connectivity index (χ0n) is 10.6. The molecule has 1 aromatic heterocycles. The molecule has 0 bridgehead atoms. The van der Waals surface area contributed by atoms with Crippen LogP contribution in [0.15, 0.2) is 24.3 Å². The summed E-state index contributed by atoms with van der Waals surface area (Å²) < 4.78 is 1.65. The first-order valence-corrected chi connectivity index (χ1v) is 6.47. The third-order valence-electron chi connectivity index (χ3n) is 2.60. The highest BCUT2D eigenvalue weighted by atomic mass is 35.5. The Bertz CT molecular complexity index is 622. The summed E-state index contributed by atoms with van der Waals surface area (Å²) in [5, 5.41) is 7.85. The number of hydrogen-bond donors (Lipinski definition) is 1. The minimum absolute atomic E-state index is 0.162. The van der Waals surface area contributed by atoms with Gasteiger partial charge in [0, 0.05) is 11.4 Å². The summed E-state index contributed by atoms with van der Waals surface area (Å²) in [4.78, 5) is 11.9. The highest BCUT2D eigenvalue weighted by molar-refractivity contribution is 6.42. The Morgan fingerprint density at radius 3 is 2.58 bits per heavy atom. The van der Waals surface area contributed by atoms with Crippen LogP contribution in [0.3, 0.4) is 0 Å². The molecular weight excluding hydrogens is 285 g/mol. The van der Waals surface area contributed by atoms with Crippen LogP contribution < -0.4 is 5.32 Å². The normalized spacial score (nSPS) is 10.5. The predicted molar refractivity (Wildman–Crippen MR) is 76.8 cm³/mol. The Kier molecular flexibility index (Phi) is 4.12. The molecule has 1 aromatic carbocycles. The first-order chi connectivity index (χ1) is 8.95. The zero-order chi connectivity index (χ0) is 14.0. The van der Waals surface area contributed by atoms with Crippen molar-refractivity contribution in [2.45, 2.75) is 20.4 Å². The number of nitrogens with one attached hydrogen (secondary N) is 1. The topological polar surface area (TPSA) is 46.9 Å². The largest absolute Gasteiger partial charge is 0.324 e. The SMILES string of the molecule is Cc1cc(C)n(CC(=O)Nc2ccc(Cl)c(Cl)c2)n1. The number of carbonyl (C=O) groups excluding carboxylic acids is 1. The van der Waals surface area contributed by atoms with Crippen molar-refractivity contribution in [3.63, 3.8) is 0 Å². The van der Waals surface area contributed by atoms with Gasteiger partial charge in [-0.25, -0.2) is 0 Å². The van der Waals surface area contributed by atoms with Gasteiger partial charge in [0.15, 0.2) is 0 Å². The molecule has 0 fully saturated rings. The average Bonchev–Trinajstić information content (AvgIpc) is 2.62. The van der Waals surface area contributed by atoms with E-state index in [1.54, 1.807) is 22.9 Å². The summed E-state index contributed by atoms with van der Waals surface area (Å²) in [5.41, 5.74) is 2.45. The van der Waals surface area contributed by atoms with Gasteiger partial charge in [-0.05, 0) is 38.1 Å². The average molecular weight is 298 g/mol. The van der Waals surface area contributed by atoms with Gasteiger partial charge in [0.25, 0.3) is 0 Å². The van der Waals surface area contributed by atoms with Gasteiger partial charge in [0.1, 0.15) is 6.54 Å². The van der Waals surface area contributed by atoms with Gasteiger partial charge < -0.3 is 5.32 Å². The maximum absolute atomic E-state index is 11.9. The van der Waals surface area contributed by atoms with Gasteiger partial charge >= 0.3 is 0 Å². The molecule has 0 radical (unpaired) electrons. The van der Waals surface area contributed by atoms with Gasteiger partial charge in [-0.3, -0.25) is 9.48 Å². The first kappa shape index (κ1) is 13.9. The van der Waals surface area contributed by atoms with Crippen LogP contribution >= 0.6 is 23.2 Å². The summed E-state index contributed by atoms with van der Waals surface area (Å²) in [5.74, 6) is -0.162. The zero-order valence-corrected chi connectivity index (χ0v) is 12.1. The van der Waals surface area contributed by atoms with E-state index in [4.69, 9.17) is 23.2 Å². The molecule has 0 aliphatic carbocycles. The van der Waals surface area contributed by atoms with E-state index in [0.29, 0.717) is 15.7 Å². The number of aromatic nitrogens is 2. The van der Waals surface area contributed by atoms with Gasteiger partial charge in [-0.1, -0.05) is 23.2 Å². The summed E-state index contributed by atoms with van der Waals surface area (Å²) >= 11 is 11.7. The van der Waals surface area contributed by atoms with Crippen LogP contribution in [-0.4, -0.2) is 15.7 Å². The molecule has 1 amide bonds. The molecule has 2 aromatic rings. The van der Waals surface area contributed by atoms with Gasteiger partial charge in [-0.15, -0.1) is 0 Å². The van der Waals surface area contributed by atoms with Gasteiger partial charge in [-0.2, -0.15) is 5.10 Å². The number of nitrogens with zero attached hydrogens (tertiary/aromatic N) is 2. The van der Waals surface area contributed by atoms with Crippen molar-refractivity contribution in [1.82, 2.24) is 9.78 Å². The lowest BCUT2D eigenvalue weighted by Gasteiger charge is -2.07. The standard InChI is InChI=1S/C13H13Cl2N3O/c1-8-5-9(2)18(17-8)7-13(19)16-10-3-4-11(14)12(15)6-10/h3-6H,7H2,1-2H3,(H,16,19). The number of carbonyl (C=O) groups is 1. The number of rotatable bonds is 3. The Balaban J connectivity index is 2.05. The molecule has 0 aliphatic heterocycles. The van der Waals surface area contributed by atoms with Crippen LogP contribution in [-0.2, 0) is 11.3 Å². The van der Waals surface area contributed by atoms with E-state index in [9.17, 15) is 4.79 Å². The molecule has 0 aliphatic rings. The van der Waals surface area contributed by atoms with Crippen molar-refractivity contribution >= 4 is 34.8 Å². The number of aryl methyl sites for hydroxylation is 2. The number of amides is 1. The number of anilines is 1. The molecule has 6 heteroatoms. The number of halogens is 2. The van der Waals surface area contributed by atoms with Crippen LogP contribution in [0.2, 0.25) is 10.0 Å². The number of hydrogen-bond acceptors (Lipinski definition) is 2. The molecule has 1 heterocycles. The van der Waals surface area contributed by atoms with Crippen molar-refractivity contribution in [2.24, 2.45) is 0 Å². The lowest BCUT2D eigenvalue weighted by atomic mass is 10.3. The number of benzene rings is 1. The van der Waals surface area contributed by atoms with Crippen molar-refractivity contribution in [2.75, 3.05) is 5.32 Å². The van der Waals surface area contributed by atoms with Crippen molar-refractivity contribution < 1.29 is 4.79 Å². The maximum atomic E-state index is 11.9. The minimum atomic E-state index is -0.162. The molecule has 0 saturated heterocycles. The fourth-order valence-electron chi connectivity index (χ4n) is 1.75.